The molecule has 2 atom stereocenters. The maximum atomic E-state index is 12.9. The number of aromatic nitrogens is 1. The molecule has 4 saturated heterocycles. The number of halogens is 1. The Morgan fingerprint density at radius 3 is 2.56 bits per heavy atom. The van der Waals surface area contributed by atoms with Gasteiger partial charge >= 0.3 is 0 Å². The summed E-state index contributed by atoms with van der Waals surface area (Å²) in [7, 11) is 0. The van der Waals surface area contributed by atoms with Gasteiger partial charge in [-0.25, -0.2) is 4.98 Å². The first kappa shape index (κ1) is 22.5. The van der Waals surface area contributed by atoms with Crippen LogP contribution in [0.5, 0.6) is 0 Å². The van der Waals surface area contributed by atoms with Crippen molar-refractivity contribution in [1.82, 2.24) is 9.88 Å². The molecule has 0 spiro atoms. The Balaban J connectivity index is 1.18. The van der Waals surface area contributed by atoms with Gasteiger partial charge in [0.1, 0.15) is 5.82 Å². The molecule has 1 aromatic heterocycles. The Kier molecular flexibility index (Phi) is 5.14. The molecule has 9 heteroatoms. The monoisotopic (exact) mass is 486 g/mol. The van der Waals surface area contributed by atoms with E-state index in [4.69, 9.17) is 21.1 Å². The topological polar surface area (TPSA) is 87.2 Å². The lowest BCUT2D eigenvalue weighted by atomic mass is 9.63. The predicted octanol–water partition coefficient (Wildman–Crippen LogP) is 2.67. The van der Waals surface area contributed by atoms with Crippen molar-refractivity contribution >= 4 is 39.8 Å². The second-order valence-corrected chi connectivity index (χ2v) is 11.3. The summed E-state index contributed by atoms with van der Waals surface area (Å²) in [6.45, 7) is 8.84. The van der Waals surface area contributed by atoms with Gasteiger partial charge in [-0.15, -0.1) is 0 Å². The molecule has 0 unspecified atom stereocenters. The van der Waals surface area contributed by atoms with E-state index < -0.39 is 11.5 Å². The number of rotatable bonds is 4. The van der Waals surface area contributed by atoms with Gasteiger partial charge in [0.05, 0.1) is 53.2 Å². The number of hydrogen-bond donors (Lipinski definition) is 2. The minimum Gasteiger partial charge on any atom is -0.389 e. The van der Waals surface area contributed by atoms with Crippen molar-refractivity contribution in [2.24, 2.45) is 5.41 Å². The third kappa shape index (κ3) is 3.50. The first-order chi connectivity index (χ1) is 16.2. The van der Waals surface area contributed by atoms with Gasteiger partial charge in [-0.1, -0.05) is 11.6 Å². The number of hydrogen-bond acceptors (Lipinski definition) is 7. The number of anilines is 2. The number of amides is 1. The van der Waals surface area contributed by atoms with E-state index in [1.807, 2.05) is 12.1 Å². The molecule has 5 heterocycles. The Labute approximate surface area is 204 Å². The molecule has 2 bridgehead atoms. The maximum Gasteiger partial charge on any atom is 0.234 e. The average molecular weight is 487 g/mol. The number of ether oxygens (including phenoxy) is 2. The largest absolute Gasteiger partial charge is 0.389 e. The molecule has 1 aromatic carbocycles. The van der Waals surface area contributed by atoms with E-state index in [9.17, 15) is 9.90 Å². The van der Waals surface area contributed by atoms with Crippen molar-refractivity contribution in [1.29, 1.82) is 0 Å². The molecule has 5 fully saturated rings. The second kappa shape index (κ2) is 7.77. The van der Waals surface area contributed by atoms with Crippen molar-refractivity contribution in [2.45, 2.75) is 43.9 Å². The van der Waals surface area contributed by atoms with Crippen LogP contribution in [0.15, 0.2) is 24.4 Å². The SMILES string of the molecule is CC12CC(C(=O)Nc3cc4cc(N5CCN([C@]6(C)COC[C@@H]6O)CC5)c(Cl)cc4cn3)(CO1)C2. The van der Waals surface area contributed by atoms with Crippen LogP contribution in [0.2, 0.25) is 5.02 Å². The highest BCUT2D eigenvalue weighted by Crippen LogP contribution is 2.58. The van der Waals surface area contributed by atoms with Gasteiger partial charge in [0.25, 0.3) is 0 Å². The number of carbonyl (C=O) groups excluding carboxylic acids is 1. The summed E-state index contributed by atoms with van der Waals surface area (Å²) >= 11 is 6.67. The highest BCUT2D eigenvalue weighted by Gasteiger charge is 2.63. The van der Waals surface area contributed by atoms with E-state index in [1.54, 1.807) is 6.20 Å². The van der Waals surface area contributed by atoms with Crippen LogP contribution in [0.25, 0.3) is 10.8 Å². The highest BCUT2D eigenvalue weighted by molar-refractivity contribution is 6.34. The lowest BCUT2D eigenvalue weighted by molar-refractivity contribution is -0.129. The van der Waals surface area contributed by atoms with E-state index in [0.717, 1.165) is 55.5 Å². The van der Waals surface area contributed by atoms with Crippen molar-refractivity contribution in [3.05, 3.63) is 29.4 Å². The number of nitrogens with one attached hydrogen (secondary N) is 1. The molecule has 0 radical (unpaired) electrons. The fourth-order valence-corrected chi connectivity index (χ4v) is 6.54. The Bertz CT molecular complexity index is 1150. The lowest BCUT2D eigenvalue weighted by Crippen LogP contribution is -2.60. The van der Waals surface area contributed by atoms with E-state index in [1.165, 1.54) is 0 Å². The van der Waals surface area contributed by atoms with Gasteiger partial charge in [0, 0.05) is 37.8 Å². The Morgan fingerprint density at radius 1 is 1.15 bits per heavy atom. The maximum absolute atomic E-state index is 12.9. The molecule has 7 rings (SSSR count). The van der Waals surface area contributed by atoms with Crippen LogP contribution in [0.1, 0.15) is 26.7 Å². The van der Waals surface area contributed by atoms with Crippen molar-refractivity contribution < 1.29 is 19.4 Å². The molecule has 1 saturated carbocycles. The van der Waals surface area contributed by atoms with Gasteiger partial charge in [0.15, 0.2) is 0 Å². The fourth-order valence-electron chi connectivity index (χ4n) is 6.25. The molecular weight excluding hydrogens is 456 g/mol. The first-order valence-electron chi connectivity index (χ1n) is 12.0. The summed E-state index contributed by atoms with van der Waals surface area (Å²) in [6, 6.07) is 5.94. The zero-order valence-corrected chi connectivity index (χ0v) is 20.4. The van der Waals surface area contributed by atoms with Crippen molar-refractivity contribution in [3.8, 4) is 0 Å². The van der Waals surface area contributed by atoms with Crippen LogP contribution in [0.3, 0.4) is 0 Å². The van der Waals surface area contributed by atoms with Gasteiger partial charge < -0.3 is 24.8 Å². The Hall–Kier alpha value is -1.97. The quantitative estimate of drug-likeness (QED) is 0.687. The lowest BCUT2D eigenvalue weighted by Gasteiger charge is -2.45. The highest BCUT2D eigenvalue weighted by atomic mass is 35.5. The average Bonchev–Trinajstić information content (AvgIpc) is 3.45. The van der Waals surface area contributed by atoms with E-state index >= 15 is 0 Å². The molecule has 1 amide bonds. The molecule has 2 N–H and O–H groups in total. The number of pyridine rings is 1. The zero-order chi connectivity index (χ0) is 23.7. The number of benzene rings is 1. The third-order valence-corrected chi connectivity index (χ3v) is 8.67. The molecular formula is C25H31ClN4O4. The number of carbonyl (C=O) groups is 1. The molecule has 8 nitrogen and oxygen atoms in total. The van der Waals surface area contributed by atoms with Gasteiger partial charge in [0.2, 0.25) is 5.91 Å². The minimum absolute atomic E-state index is 0.00814. The summed E-state index contributed by atoms with van der Waals surface area (Å²) in [5.74, 6) is 0.542. The number of fused-ring (bicyclic) bond motifs is 2. The van der Waals surface area contributed by atoms with Crippen molar-refractivity contribution in [3.63, 3.8) is 0 Å². The van der Waals surface area contributed by atoms with E-state index in [2.05, 4.69) is 40.0 Å². The van der Waals surface area contributed by atoms with Crippen LogP contribution in [0, 0.1) is 5.41 Å². The van der Waals surface area contributed by atoms with Crippen LogP contribution >= 0.6 is 11.6 Å². The number of aliphatic hydroxyl groups is 1. The van der Waals surface area contributed by atoms with Crippen LogP contribution in [-0.4, -0.2) is 84.1 Å². The van der Waals surface area contributed by atoms with Crippen LogP contribution in [-0.2, 0) is 14.3 Å². The summed E-state index contributed by atoms with van der Waals surface area (Å²) in [5, 5.41) is 16.0. The number of nitrogens with zero attached hydrogens (tertiary/aromatic N) is 3. The molecule has 2 aromatic rings. The second-order valence-electron chi connectivity index (χ2n) is 10.9. The molecule has 34 heavy (non-hydrogen) atoms. The predicted molar refractivity (Wildman–Crippen MR) is 130 cm³/mol. The van der Waals surface area contributed by atoms with E-state index in [-0.39, 0.29) is 17.0 Å². The van der Waals surface area contributed by atoms with Gasteiger partial charge in [-0.05, 0) is 50.3 Å². The molecule has 1 aliphatic carbocycles. The number of piperazine rings is 1. The first-order valence-corrected chi connectivity index (χ1v) is 12.4. The zero-order valence-electron chi connectivity index (χ0n) is 19.6. The van der Waals surface area contributed by atoms with Gasteiger partial charge in [-0.2, -0.15) is 0 Å². The summed E-state index contributed by atoms with van der Waals surface area (Å²) in [6.07, 6.45) is 2.84. The summed E-state index contributed by atoms with van der Waals surface area (Å²) < 4.78 is 11.3. The molecule has 5 aliphatic rings. The minimum atomic E-state index is -0.464. The molecule has 182 valence electrons. The van der Waals surface area contributed by atoms with Crippen LogP contribution in [0.4, 0.5) is 11.5 Å². The standard InChI is InChI=1S/C25H31ClN4O4/c1-23-12-25(13-23,15-34-23)22(32)28-21-9-16-8-19(18(26)7-17(16)10-27-21)29-3-5-30(6-4-29)24(2)14-33-11-20(24)31/h7-10,20,31H,3-6,11-15H2,1-2H3,(H,27,28,32)/t20-,23?,24+,25?/m0/s1. The number of aliphatic hydroxyl groups excluding tert-OH is 1. The van der Waals surface area contributed by atoms with Crippen molar-refractivity contribution in [2.75, 3.05) is 56.2 Å². The normalized spacial score (nSPS) is 35.5. The summed E-state index contributed by atoms with van der Waals surface area (Å²) in [5.41, 5.74) is 0.0949. The van der Waals surface area contributed by atoms with E-state index in [0.29, 0.717) is 30.7 Å². The third-order valence-electron chi connectivity index (χ3n) is 8.36. The fraction of sp³-hybridized carbons (Fsp3) is 0.600. The van der Waals surface area contributed by atoms with Gasteiger partial charge in [-0.3, -0.25) is 9.69 Å². The molecule has 4 aliphatic heterocycles. The summed E-state index contributed by atoms with van der Waals surface area (Å²) in [4.78, 5) is 22.0. The smallest absolute Gasteiger partial charge is 0.234 e. The van der Waals surface area contributed by atoms with Crippen LogP contribution < -0.4 is 10.2 Å². The Morgan fingerprint density at radius 2 is 1.91 bits per heavy atom.